The molecule has 194 valence electrons. The monoisotopic (exact) mass is 507 g/mol. The van der Waals surface area contributed by atoms with Crippen molar-refractivity contribution in [2.45, 2.75) is 31.8 Å². The van der Waals surface area contributed by atoms with E-state index in [1.807, 2.05) is 18.2 Å². The zero-order valence-corrected chi connectivity index (χ0v) is 21.9. The Hall–Kier alpha value is -3.85. The second-order valence-electron chi connectivity index (χ2n) is 10.5. The van der Waals surface area contributed by atoms with Crippen LogP contribution < -0.4 is 19.9 Å². The van der Waals surface area contributed by atoms with Crippen molar-refractivity contribution in [1.82, 2.24) is 15.2 Å². The largest absolute Gasteiger partial charge is 0.475 e. The fourth-order valence-electron chi connectivity index (χ4n) is 6.19. The maximum absolute atomic E-state index is 10.4. The number of anilines is 2. The van der Waals surface area contributed by atoms with Crippen LogP contribution in [-0.4, -0.2) is 68.8 Å². The minimum absolute atomic E-state index is 0.346. The first-order valence-corrected chi connectivity index (χ1v) is 13.6. The third-order valence-corrected chi connectivity index (χ3v) is 8.29. The molecule has 8 heteroatoms. The maximum Gasteiger partial charge on any atom is 0.234 e. The zero-order chi connectivity index (χ0) is 26.1. The van der Waals surface area contributed by atoms with Crippen molar-refractivity contribution in [2.24, 2.45) is 0 Å². The Morgan fingerprint density at radius 1 is 1.00 bits per heavy atom. The number of piperazine rings is 1. The van der Waals surface area contributed by atoms with Gasteiger partial charge in [-0.25, -0.2) is 0 Å². The average Bonchev–Trinajstić information content (AvgIpc) is 3.39. The number of aromatic nitrogens is 1. The van der Waals surface area contributed by atoms with Gasteiger partial charge in [0.2, 0.25) is 5.88 Å². The van der Waals surface area contributed by atoms with Gasteiger partial charge in [-0.3, -0.25) is 0 Å². The van der Waals surface area contributed by atoms with Crippen molar-refractivity contribution in [3.05, 3.63) is 58.7 Å². The topological polar surface area (TPSA) is 91.4 Å². The van der Waals surface area contributed by atoms with E-state index in [9.17, 15) is 10.5 Å². The number of fused-ring (bicyclic) bond motifs is 2. The summed E-state index contributed by atoms with van der Waals surface area (Å²) in [5, 5.41) is 25.6. The van der Waals surface area contributed by atoms with Gasteiger partial charge in [0.25, 0.3) is 0 Å². The lowest BCUT2D eigenvalue weighted by molar-refractivity contribution is 0.193. The highest BCUT2D eigenvalue weighted by Crippen LogP contribution is 2.38. The Balaban J connectivity index is 1.42. The molecule has 1 N–H and O–H groups in total. The van der Waals surface area contributed by atoms with Crippen LogP contribution in [0.1, 0.15) is 35.1 Å². The van der Waals surface area contributed by atoms with E-state index in [0.29, 0.717) is 36.2 Å². The van der Waals surface area contributed by atoms with Crippen LogP contribution in [0, 0.1) is 22.7 Å². The molecule has 0 unspecified atom stereocenters. The van der Waals surface area contributed by atoms with Gasteiger partial charge in [0, 0.05) is 67.5 Å². The predicted molar refractivity (Wildman–Crippen MR) is 149 cm³/mol. The van der Waals surface area contributed by atoms with Gasteiger partial charge in [-0.1, -0.05) is 24.3 Å². The molecule has 8 nitrogen and oxygen atoms in total. The summed E-state index contributed by atoms with van der Waals surface area (Å²) in [6.07, 6.45) is 3.06. The standard InChI is InChI=1S/C30H33N7O/c1-35-13-4-8-23(35)20-38-30-25(18-32)26-19-37(14-10-24(26)29(34-30)36-15-11-33-12-16-36)27-9-3-6-21-5-2-7-22(17-31)28(21)27/h2-3,5-7,9,23,33H,4,8,10-16,19-20H2,1H3/t23-/m0/s1. The molecule has 2 aromatic carbocycles. The highest BCUT2D eigenvalue weighted by Gasteiger charge is 2.31. The highest BCUT2D eigenvalue weighted by molar-refractivity contribution is 5.98. The van der Waals surface area contributed by atoms with Gasteiger partial charge in [-0.15, -0.1) is 0 Å². The Labute approximate surface area is 224 Å². The molecule has 0 radical (unpaired) electrons. The Morgan fingerprint density at radius 3 is 2.55 bits per heavy atom. The molecule has 38 heavy (non-hydrogen) atoms. The Morgan fingerprint density at radius 2 is 1.82 bits per heavy atom. The number of nitriles is 2. The quantitative estimate of drug-likeness (QED) is 0.562. The van der Waals surface area contributed by atoms with Gasteiger partial charge in [0.05, 0.1) is 11.6 Å². The number of likely N-dealkylation sites (N-methyl/N-ethyl adjacent to an activating group) is 1. The van der Waals surface area contributed by atoms with Gasteiger partial charge in [-0.05, 0) is 50.4 Å². The van der Waals surface area contributed by atoms with Crippen molar-refractivity contribution in [2.75, 3.05) is 62.7 Å². The molecule has 2 saturated heterocycles. The molecule has 0 amide bonds. The lowest BCUT2D eigenvalue weighted by Crippen LogP contribution is -2.45. The molecule has 4 heterocycles. The fourth-order valence-corrected chi connectivity index (χ4v) is 6.19. The minimum atomic E-state index is 0.346. The third-order valence-electron chi connectivity index (χ3n) is 8.29. The van der Waals surface area contributed by atoms with E-state index < -0.39 is 0 Å². The molecular weight excluding hydrogens is 474 g/mol. The van der Waals surface area contributed by atoms with E-state index >= 15 is 0 Å². The molecule has 3 aliphatic heterocycles. The van der Waals surface area contributed by atoms with Crippen LogP contribution in [0.15, 0.2) is 36.4 Å². The maximum atomic E-state index is 10.4. The van der Waals surface area contributed by atoms with Crippen LogP contribution in [0.25, 0.3) is 10.8 Å². The summed E-state index contributed by atoms with van der Waals surface area (Å²) >= 11 is 0. The first kappa shape index (κ1) is 24.5. The number of likely N-dealkylation sites (tertiary alicyclic amines) is 1. The molecule has 1 atom stereocenters. The number of hydrogen-bond acceptors (Lipinski definition) is 8. The van der Waals surface area contributed by atoms with Crippen LogP contribution in [-0.2, 0) is 13.0 Å². The number of nitrogens with one attached hydrogen (secondary N) is 1. The van der Waals surface area contributed by atoms with Gasteiger partial charge >= 0.3 is 0 Å². The summed E-state index contributed by atoms with van der Waals surface area (Å²) in [5.41, 5.74) is 4.41. The first-order chi connectivity index (χ1) is 18.7. The number of hydrogen-bond donors (Lipinski definition) is 1. The molecule has 2 fully saturated rings. The zero-order valence-electron chi connectivity index (χ0n) is 21.9. The molecule has 1 aromatic heterocycles. The van der Waals surface area contributed by atoms with Crippen molar-refractivity contribution in [1.29, 1.82) is 10.5 Å². The molecular formula is C30H33N7O. The molecule has 0 bridgehead atoms. The third kappa shape index (κ3) is 4.41. The molecule has 6 rings (SSSR count). The Bertz CT molecular complexity index is 1430. The van der Waals surface area contributed by atoms with Crippen LogP contribution in [0.2, 0.25) is 0 Å². The lowest BCUT2D eigenvalue weighted by Gasteiger charge is -2.36. The van der Waals surface area contributed by atoms with Crippen LogP contribution in [0.4, 0.5) is 11.5 Å². The summed E-state index contributed by atoms with van der Waals surface area (Å²) < 4.78 is 6.35. The number of ether oxygens (including phenoxy) is 1. The van der Waals surface area contributed by atoms with Gasteiger partial charge in [-0.2, -0.15) is 15.5 Å². The first-order valence-electron chi connectivity index (χ1n) is 13.6. The van der Waals surface area contributed by atoms with Gasteiger partial charge in [0.1, 0.15) is 24.1 Å². The van der Waals surface area contributed by atoms with E-state index in [-0.39, 0.29) is 0 Å². The number of rotatable bonds is 5. The van der Waals surface area contributed by atoms with Crippen molar-refractivity contribution in [3.8, 4) is 18.0 Å². The second kappa shape index (κ2) is 10.5. The summed E-state index contributed by atoms with van der Waals surface area (Å²) in [7, 11) is 2.14. The highest BCUT2D eigenvalue weighted by atomic mass is 16.5. The molecule has 3 aliphatic rings. The number of pyridine rings is 1. The van der Waals surface area contributed by atoms with Crippen LogP contribution >= 0.6 is 0 Å². The summed E-state index contributed by atoms with van der Waals surface area (Å²) in [6, 6.07) is 17.2. The van der Waals surface area contributed by atoms with Crippen molar-refractivity contribution >= 4 is 22.3 Å². The van der Waals surface area contributed by atoms with E-state index in [1.165, 1.54) is 6.42 Å². The lowest BCUT2D eigenvalue weighted by atomic mass is 9.94. The van der Waals surface area contributed by atoms with E-state index in [1.54, 1.807) is 0 Å². The fraction of sp³-hybridized carbons (Fsp3) is 0.433. The predicted octanol–water partition coefficient (Wildman–Crippen LogP) is 3.42. The average molecular weight is 508 g/mol. The van der Waals surface area contributed by atoms with Crippen molar-refractivity contribution in [3.63, 3.8) is 0 Å². The van der Waals surface area contributed by atoms with Crippen LogP contribution in [0.5, 0.6) is 5.88 Å². The smallest absolute Gasteiger partial charge is 0.234 e. The molecule has 0 spiro atoms. The minimum Gasteiger partial charge on any atom is -0.475 e. The molecule has 3 aromatic rings. The number of nitrogens with zero attached hydrogens (tertiary/aromatic N) is 6. The van der Waals surface area contributed by atoms with E-state index in [0.717, 1.165) is 85.5 Å². The molecule has 0 saturated carbocycles. The summed E-state index contributed by atoms with van der Waals surface area (Å²) in [4.78, 5) is 12.0. The van der Waals surface area contributed by atoms with E-state index in [4.69, 9.17) is 9.72 Å². The Kier molecular flexibility index (Phi) is 6.76. The molecule has 0 aliphatic carbocycles. The van der Waals surface area contributed by atoms with Crippen molar-refractivity contribution < 1.29 is 4.74 Å². The second-order valence-corrected chi connectivity index (χ2v) is 10.5. The summed E-state index contributed by atoms with van der Waals surface area (Å²) in [6.45, 7) is 6.59. The SMILES string of the molecule is CN1CCC[C@H]1COc1nc(N2CCNCC2)c2c(c1C#N)CN(c1cccc3cccc(C#N)c13)CC2. The van der Waals surface area contributed by atoms with Crippen LogP contribution in [0.3, 0.4) is 0 Å². The van der Waals surface area contributed by atoms with Gasteiger partial charge < -0.3 is 24.8 Å². The normalized spacial score (nSPS) is 19.7. The van der Waals surface area contributed by atoms with E-state index in [2.05, 4.69) is 57.4 Å². The van der Waals surface area contributed by atoms with Gasteiger partial charge in [0.15, 0.2) is 0 Å². The summed E-state index contributed by atoms with van der Waals surface area (Å²) in [5.74, 6) is 1.42. The number of benzene rings is 2.